The molecule has 0 spiro atoms. The number of aromatic nitrogens is 3. The number of fused-ring (bicyclic) bond motifs is 5. The van der Waals surface area contributed by atoms with Crippen molar-refractivity contribution in [1.29, 1.82) is 0 Å². The van der Waals surface area contributed by atoms with Gasteiger partial charge in [-0.2, -0.15) is 0 Å². The minimum absolute atomic E-state index is 0.365. The van der Waals surface area contributed by atoms with Crippen LogP contribution in [0.4, 0.5) is 0 Å². The second-order valence-electron chi connectivity index (χ2n) is 9.11. The lowest BCUT2D eigenvalue weighted by atomic mass is 9.85. The number of hydrogen-bond donors (Lipinski definition) is 3. The molecule has 3 N–H and O–H groups in total. The summed E-state index contributed by atoms with van der Waals surface area (Å²) in [6.45, 7) is 0. The van der Waals surface area contributed by atoms with E-state index in [1.165, 1.54) is 61.5 Å². The molecule has 0 amide bonds. The van der Waals surface area contributed by atoms with Gasteiger partial charge >= 0.3 is 0 Å². The number of rotatable bonds is 2. The van der Waals surface area contributed by atoms with Gasteiger partial charge in [-0.3, -0.25) is 0 Å². The summed E-state index contributed by atoms with van der Waals surface area (Å²) in [4.78, 5) is 10.9. The van der Waals surface area contributed by atoms with Gasteiger partial charge in [-0.25, -0.2) is 0 Å². The van der Waals surface area contributed by atoms with Crippen LogP contribution in [0.5, 0.6) is 0 Å². The fraction of sp³-hybridized carbons (Fsp3) is 0.172. The van der Waals surface area contributed by atoms with Gasteiger partial charge in [0, 0.05) is 62.6 Å². The predicted octanol–water partition coefficient (Wildman–Crippen LogP) is 7.58. The smallest absolute Gasteiger partial charge is 0.0459 e. The highest BCUT2D eigenvalue weighted by Crippen LogP contribution is 2.48. The van der Waals surface area contributed by atoms with Crippen LogP contribution >= 0.6 is 0 Å². The van der Waals surface area contributed by atoms with Crippen molar-refractivity contribution in [2.75, 3.05) is 0 Å². The van der Waals surface area contributed by atoms with Gasteiger partial charge in [0.05, 0.1) is 0 Å². The molecule has 0 radical (unpaired) electrons. The van der Waals surface area contributed by atoms with Crippen LogP contribution in [0.2, 0.25) is 0 Å². The second-order valence-corrected chi connectivity index (χ2v) is 9.11. The number of nitrogens with one attached hydrogen (secondary N) is 3. The average Bonchev–Trinajstić information content (AvgIpc) is 3.53. The number of para-hydroxylation sites is 3. The zero-order valence-electron chi connectivity index (χ0n) is 17.9. The molecule has 1 aliphatic rings. The van der Waals surface area contributed by atoms with Gasteiger partial charge in [-0.15, -0.1) is 0 Å². The van der Waals surface area contributed by atoms with E-state index in [0.29, 0.717) is 11.8 Å². The highest BCUT2D eigenvalue weighted by molar-refractivity contribution is 5.90. The zero-order valence-corrected chi connectivity index (χ0v) is 17.9. The van der Waals surface area contributed by atoms with Crippen LogP contribution in [0, 0.1) is 0 Å². The third-order valence-electron chi connectivity index (χ3n) is 7.45. The van der Waals surface area contributed by atoms with Gasteiger partial charge in [0.25, 0.3) is 0 Å². The first kappa shape index (κ1) is 17.9. The highest BCUT2D eigenvalue weighted by atomic mass is 14.8. The molecule has 0 saturated carbocycles. The van der Waals surface area contributed by atoms with E-state index in [9.17, 15) is 0 Å². The molecular formula is C29H25N3. The fourth-order valence-corrected chi connectivity index (χ4v) is 6.04. The molecule has 3 heteroatoms. The Morgan fingerprint density at radius 2 is 1.09 bits per heavy atom. The first-order valence-corrected chi connectivity index (χ1v) is 11.6. The molecule has 3 nitrogen and oxygen atoms in total. The lowest BCUT2D eigenvalue weighted by molar-refractivity contribution is 0.628. The molecule has 1 aliphatic carbocycles. The summed E-state index contributed by atoms with van der Waals surface area (Å²) in [7, 11) is 0. The SMILES string of the molecule is c1ccc2c([C@@H]3CCC[C@H](c4c[nH]c5ccccc45)c4c3[nH]c3ccccc43)c[nH]c2c1. The van der Waals surface area contributed by atoms with Gasteiger partial charge in [0.1, 0.15) is 0 Å². The van der Waals surface area contributed by atoms with Crippen molar-refractivity contribution < 1.29 is 0 Å². The summed E-state index contributed by atoms with van der Waals surface area (Å²) in [5.74, 6) is 0.747. The maximum Gasteiger partial charge on any atom is 0.0459 e. The highest BCUT2D eigenvalue weighted by Gasteiger charge is 2.32. The van der Waals surface area contributed by atoms with Gasteiger partial charge in [-0.1, -0.05) is 61.0 Å². The van der Waals surface area contributed by atoms with Crippen molar-refractivity contribution in [3.8, 4) is 0 Å². The average molecular weight is 416 g/mol. The summed E-state index contributed by atoms with van der Waals surface area (Å²) < 4.78 is 0. The summed E-state index contributed by atoms with van der Waals surface area (Å²) in [5.41, 5.74) is 9.40. The Balaban J connectivity index is 1.49. The summed E-state index contributed by atoms with van der Waals surface area (Å²) in [5, 5.41) is 4.05. The van der Waals surface area contributed by atoms with E-state index >= 15 is 0 Å². The van der Waals surface area contributed by atoms with Gasteiger partial charge in [0.2, 0.25) is 0 Å². The van der Waals surface area contributed by atoms with Crippen molar-refractivity contribution >= 4 is 32.7 Å². The fourth-order valence-electron chi connectivity index (χ4n) is 6.04. The molecule has 3 aromatic heterocycles. The van der Waals surface area contributed by atoms with E-state index < -0.39 is 0 Å². The summed E-state index contributed by atoms with van der Waals surface area (Å²) >= 11 is 0. The molecule has 6 aromatic rings. The molecule has 32 heavy (non-hydrogen) atoms. The third kappa shape index (κ3) is 2.54. The van der Waals surface area contributed by atoms with Crippen molar-refractivity contribution in [3.05, 3.63) is 108 Å². The van der Waals surface area contributed by atoms with Crippen LogP contribution in [0.15, 0.2) is 85.2 Å². The molecule has 0 saturated heterocycles. The minimum Gasteiger partial charge on any atom is -0.361 e. The standard InChI is InChI=1S/C29H25N3/c1-4-13-25-18(8-1)23(16-30-25)20-11-7-12-21(24-17-31-26-14-5-2-9-19(24)26)29-28(20)22-10-3-6-15-27(22)32-29/h1-6,8-10,13-17,20-21,30-32H,7,11-12H2/t20-,21+/m1/s1. The maximum absolute atomic E-state index is 3.88. The van der Waals surface area contributed by atoms with Gasteiger partial charge in [-0.05, 0) is 47.7 Å². The summed E-state index contributed by atoms with van der Waals surface area (Å²) in [6.07, 6.45) is 7.99. The Labute approximate surface area is 186 Å². The van der Waals surface area contributed by atoms with Crippen molar-refractivity contribution in [2.45, 2.75) is 31.1 Å². The first-order chi connectivity index (χ1) is 15.9. The first-order valence-electron chi connectivity index (χ1n) is 11.6. The van der Waals surface area contributed by atoms with E-state index in [-0.39, 0.29) is 0 Å². The number of aromatic amines is 3. The molecule has 7 rings (SSSR count). The molecule has 156 valence electrons. The van der Waals surface area contributed by atoms with Crippen LogP contribution in [-0.4, -0.2) is 15.0 Å². The van der Waals surface area contributed by atoms with E-state index in [4.69, 9.17) is 0 Å². The van der Waals surface area contributed by atoms with Gasteiger partial charge in [0.15, 0.2) is 0 Å². The molecular weight excluding hydrogens is 390 g/mol. The zero-order chi connectivity index (χ0) is 21.1. The summed E-state index contributed by atoms with van der Waals surface area (Å²) in [6, 6.07) is 26.2. The molecule has 0 aliphatic heterocycles. The number of H-pyrrole nitrogens is 3. The number of benzene rings is 3. The molecule has 0 bridgehead atoms. The lowest BCUT2D eigenvalue weighted by Gasteiger charge is -2.18. The van der Waals surface area contributed by atoms with E-state index in [1.54, 1.807) is 0 Å². The molecule has 3 heterocycles. The Morgan fingerprint density at radius 1 is 0.562 bits per heavy atom. The van der Waals surface area contributed by atoms with Crippen LogP contribution in [-0.2, 0) is 0 Å². The molecule has 3 aromatic carbocycles. The van der Waals surface area contributed by atoms with E-state index in [2.05, 4.69) is 100 Å². The Morgan fingerprint density at radius 3 is 1.78 bits per heavy atom. The van der Waals surface area contributed by atoms with E-state index in [0.717, 1.165) is 12.8 Å². The molecule has 0 fully saturated rings. The predicted molar refractivity (Wildman–Crippen MR) is 132 cm³/mol. The van der Waals surface area contributed by atoms with Crippen LogP contribution < -0.4 is 0 Å². The van der Waals surface area contributed by atoms with Crippen LogP contribution in [0.1, 0.15) is 53.5 Å². The van der Waals surface area contributed by atoms with Gasteiger partial charge < -0.3 is 15.0 Å². The third-order valence-corrected chi connectivity index (χ3v) is 7.45. The Bertz CT molecular complexity index is 1580. The van der Waals surface area contributed by atoms with Crippen LogP contribution in [0.25, 0.3) is 32.7 Å². The minimum atomic E-state index is 0.365. The maximum atomic E-state index is 3.88. The van der Waals surface area contributed by atoms with Crippen molar-refractivity contribution in [2.24, 2.45) is 0 Å². The van der Waals surface area contributed by atoms with Crippen LogP contribution in [0.3, 0.4) is 0 Å². The lowest BCUT2D eigenvalue weighted by Crippen LogP contribution is -2.04. The van der Waals surface area contributed by atoms with Crippen molar-refractivity contribution in [1.82, 2.24) is 15.0 Å². The largest absolute Gasteiger partial charge is 0.361 e. The molecule has 2 atom stereocenters. The normalized spacial score (nSPS) is 18.9. The van der Waals surface area contributed by atoms with E-state index in [1.807, 2.05) is 0 Å². The Hall–Kier alpha value is -3.72. The van der Waals surface area contributed by atoms with Crippen molar-refractivity contribution in [3.63, 3.8) is 0 Å². The monoisotopic (exact) mass is 415 g/mol. The number of hydrogen-bond acceptors (Lipinski definition) is 0. The Kier molecular flexibility index (Phi) is 3.86. The topological polar surface area (TPSA) is 47.4 Å². The second kappa shape index (κ2) is 6.89. The molecule has 0 unspecified atom stereocenters. The quantitative estimate of drug-likeness (QED) is 0.244.